The maximum Gasteiger partial charge on any atom is 0.227 e. The normalized spacial score (nSPS) is 11.9. The molecule has 1 amide bonds. The van der Waals surface area contributed by atoms with E-state index < -0.39 is 0 Å². The number of amides is 1. The zero-order valence-electron chi connectivity index (χ0n) is 13.3. The average Bonchev–Trinajstić information content (AvgIpc) is 2.55. The van der Waals surface area contributed by atoms with E-state index in [-0.39, 0.29) is 11.9 Å². The zero-order chi connectivity index (χ0) is 15.9. The van der Waals surface area contributed by atoms with Crippen molar-refractivity contribution >= 4 is 11.6 Å². The van der Waals surface area contributed by atoms with E-state index >= 15 is 0 Å². The number of nitrogens with zero attached hydrogens (tertiary/aromatic N) is 1. The van der Waals surface area contributed by atoms with Crippen molar-refractivity contribution in [3.63, 3.8) is 0 Å². The summed E-state index contributed by atoms with van der Waals surface area (Å²) >= 11 is 0. The van der Waals surface area contributed by atoms with E-state index in [1.54, 1.807) is 0 Å². The second kappa shape index (κ2) is 7.64. The Morgan fingerprint density at radius 3 is 2.27 bits per heavy atom. The number of carbonyl (C=O) groups is 1. The van der Waals surface area contributed by atoms with Gasteiger partial charge in [-0.15, -0.1) is 0 Å². The largest absolute Gasteiger partial charge is 0.399 e. The Labute approximate surface area is 132 Å². The molecule has 2 aromatic carbocycles. The van der Waals surface area contributed by atoms with Crippen LogP contribution < -0.4 is 5.73 Å². The van der Waals surface area contributed by atoms with Crippen molar-refractivity contribution in [1.29, 1.82) is 0 Å². The van der Waals surface area contributed by atoms with Crippen molar-refractivity contribution in [2.75, 3.05) is 5.73 Å². The van der Waals surface area contributed by atoms with Gasteiger partial charge in [0, 0.05) is 18.3 Å². The molecule has 0 aromatic heterocycles. The molecule has 0 aliphatic rings. The van der Waals surface area contributed by atoms with Gasteiger partial charge in [-0.3, -0.25) is 4.79 Å². The van der Waals surface area contributed by atoms with E-state index in [9.17, 15) is 4.79 Å². The molecular formula is C19H24N2O. The van der Waals surface area contributed by atoms with Gasteiger partial charge >= 0.3 is 0 Å². The Kier molecular flexibility index (Phi) is 5.59. The molecule has 3 heteroatoms. The first-order valence-electron chi connectivity index (χ1n) is 7.78. The van der Waals surface area contributed by atoms with Gasteiger partial charge in [-0.05, 0) is 36.6 Å². The Morgan fingerprint density at radius 1 is 1.05 bits per heavy atom. The summed E-state index contributed by atoms with van der Waals surface area (Å²) in [5.74, 6) is 0.156. The van der Waals surface area contributed by atoms with E-state index in [0.717, 1.165) is 23.2 Å². The molecular weight excluding hydrogens is 272 g/mol. The monoisotopic (exact) mass is 296 g/mol. The van der Waals surface area contributed by atoms with Crippen LogP contribution in [0.5, 0.6) is 0 Å². The van der Waals surface area contributed by atoms with Crippen LogP contribution >= 0.6 is 0 Å². The first-order chi connectivity index (χ1) is 10.6. The van der Waals surface area contributed by atoms with Gasteiger partial charge in [0.05, 0.1) is 6.42 Å². The van der Waals surface area contributed by atoms with E-state index in [2.05, 4.69) is 26.0 Å². The van der Waals surface area contributed by atoms with Gasteiger partial charge in [-0.25, -0.2) is 0 Å². The number of anilines is 1. The maximum atomic E-state index is 12.7. The third kappa shape index (κ3) is 4.35. The molecule has 0 spiro atoms. The van der Waals surface area contributed by atoms with Crippen molar-refractivity contribution in [3.8, 4) is 0 Å². The lowest BCUT2D eigenvalue weighted by atomic mass is 10.1. The Bertz CT molecular complexity index is 593. The van der Waals surface area contributed by atoms with E-state index in [4.69, 9.17) is 5.73 Å². The minimum atomic E-state index is 0.156. The molecule has 1 unspecified atom stereocenters. The summed E-state index contributed by atoms with van der Waals surface area (Å²) < 4.78 is 0. The number of hydrogen-bond acceptors (Lipinski definition) is 2. The average molecular weight is 296 g/mol. The highest BCUT2D eigenvalue weighted by molar-refractivity contribution is 5.79. The van der Waals surface area contributed by atoms with E-state index in [1.165, 1.54) is 0 Å². The minimum absolute atomic E-state index is 0.156. The van der Waals surface area contributed by atoms with E-state index in [1.807, 2.05) is 47.4 Å². The zero-order valence-corrected chi connectivity index (χ0v) is 13.3. The third-order valence-corrected chi connectivity index (χ3v) is 3.97. The SMILES string of the molecule is CCC(C)N(Cc1ccccc1)C(=O)Cc1ccc(N)cc1. The fourth-order valence-electron chi connectivity index (χ4n) is 2.40. The van der Waals surface area contributed by atoms with Crippen LogP contribution in [0.15, 0.2) is 54.6 Å². The predicted molar refractivity (Wildman–Crippen MR) is 91.3 cm³/mol. The number of rotatable bonds is 6. The topological polar surface area (TPSA) is 46.3 Å². The summed E-state index contributed by atoms with van der Waals surface area (Å²) in [6, 6.07) is 17.9. The van der Waals surface area contributed by atoms with E-state index in [0.29, 0.717) is 13.0 Å². The summed E-state index contributed by atoms with van der Waals surface area (Å²) in [5, 5.41) is 0. The smallest absolute Gasteiger partial charge is 0.227 e. The first kappa shape index (κ1) is 16.1. The molecule has 0 aliphatic carbocycles. The van der Waals surface area contributed by atoms with Crippen molar-refractivity contribution in [1.82, 2.24) is 4.90 Å². The lowest BCUT2D eigenvalue weighted by Crippen LogP contribution is -2.38. The van der Waals surface area contributed by atoms with Crippen molar-refractivity contribution in [2.45, 2.75) is 39.3 Å². The molecule has 0 heterocycles. The fourth-order valence-corrected chi connectivity index (χ4v) is 2.40. The molecule has 0 bridgehead atoms. The quantitative estimate of drug-likeness (QED) is 0.827. The lowest BCUT2D eigenvalue weighted by molar-refractivity contribution is -0.133. The van der Waals surface area contributed by atoms with Crippen molar-refractivity contribution < 1.29 is 4.79 Å². The van der Waals surface area contributed by atoms with Crippen LogP contribution in [0.3, 0.4) is 0 Å². The van der Waals surface area contributed by atoms with Crippen LogP contribution in [0.4, 0.5) is 5.69 Å². The van der Waals surface area contributed by atoms with Crippen LogP contribution in [-0.4, -0.2) is 16.8 Å². The standard InChI is InChI=1S/C19H24N2O/c1-3-15(2)21(14-17-7-5-4-6-8-17)19(22)13-16-9-11-18(20)12-10-16/h4-12,15H,3,13-14,20H2,1-2H3. The Morgan fingerprint density at radius 2 is 1.68 bits per heavy atom. The summed E-state index contributed by atoms with van der Waals surface area (Å²) in [6.07, 6.45) is 1.36. The molecule has 0 radical (unpaired) electrons. The lowest BCUT2D eigenvalue weighted by Gasteiger charge is -2.29. The van der Waals surface area contributed by atoms with Gasteiger partial charge < -0.3 is 10.6 Å². The molecule has 116 valence electrons. The minimum Gasteiger partial charge on any atom is -0.399 e. The van der Waals surface area contributed by atoms with Crippen LogP contribution in [-0.2, 0) is 17.8 Å². The molecule has 22 heavy (non-hydrogen) atoms. The summed E-state index contributed by atoms with van der Waals surface area (Å²) in [5.41, 5.74) is 8.58. The molecule has 0 fully saturated rings. The number of nitrogens with two attached hydrogens (primary N) is 1. The van der Waals surface area contributed by atoms with Gasteiger partial charge in [-0.1, -0.05) is 49.4 Å². The molecule has 1 atom stereocenters. The van der Waals surface area contributed by atoms with Gasteiger partial charge in [0.25, 0.3) is 0 Å². The van der Waals surface area contributed by atoms with Crippen LogP contribution in [0.2, 0.25) is 0 Å². The van der Waals surface area contributed by atoms with Gasteiger partial charge in [0.2, 0.25) is 5.91 Å². The van der Waals surface area contributed by atoms with Crippen LogP contribution in [0.1, 0.15) is 31.4 Å². The number of carbonyl (C=O) groups excluding carboxylic acids is 1. The van der Waals surface area contributed by atoms with Gasteiger partial charge in [0.15, 0.2) is 0 Å². The fraction of sp³-hybridized carbons (Fsp3) is 0.316. The van der Waals surface area contributed by atoms with Crippen LogP contribution in [0, 0.1) is 0 Å². The highest BCUT2D eigenvalue weighted by atomic mass is 16.2. The predicted octanol–water partition coefficient (Wildman–Crippen LogP) is 3.64. The van der Waals surface area contributed by atoms with Crippen molar-refractivity contribution in [2.24, 2.45) is 0 Å². The van der Waals surface area contributed by atoms with Crippen LogP contribution in [0.25, 0.3) is 0 Å². The number of benzene rings is 2. The first-order valence-corrected chi connectivity index (χ1v) is 7.78. The van der Waals surface area contributed by atoms with Gasteiger partial charge in [0.1, 0.15) is 0 Å². The highest BCUT2D eigenvalue weighted by Crippen LogP contribution is 2.14. The Balaban J connectivity index is 2.10. The molecule has 0 saturated heterocycles. The van der Waals surface area contributed by atoms with Gasteiger partial charge in [-0.2, -0.15) is 0 Å². The summed E-state index contributed by atoms with van der Waals surface area (Å²) in [6.45, 7) is 4.87. The third-order valence-electron chi connectivity index (χ3n) is 3.97. The molecule has 0 saturated carbocycles. The summed E-state index contributed by atoms with van der Waals surface area (Å²) in [4.78, 5) is 14.7. The van der Waals surface area contributed by atoms with Crippen molar-refractivity contribution in [3.05, 3.63) is 65.7 Å². The molecule has 2 rings (SSSR count). The highest BCUT2D eigenvalue weighted by Gasteiger charge is 2.19. The number of hydrogen-bond donors (Lipinski definition) is 1. The maximum absolute atomic E-state index is 12.7. The number of nitrogen functional groups attached to an aromatic ring is 1. The molecule has 2 aromatic rings. The molecule has 2 N–H and O–H groups in total. The summed E-state index contributed by atoms with van der Waals surface area (Å²) in [7, 11) is 0. The molecule has 3 nitrogen and oxygen atoms in total. The second-order valence-corrected chi connectivity index (χ2v) is 5.68. The molecule has 0 aliphatic heterocycles. The Hall–Kier alpha value is -2.29. The second-order valence-electron chi connectivity index (χ2n) is 5.68.